The molecule has 2 saturated heterocycles. The number of halogens is 1. The van der Waals surface area contributed by atoms with Gasteiger partial charge in [0.2, 0.25) is 5.91 Å². The highest BCUT2D eigenvalue weighted by molar-refractivity contribution is 7.17. The lowest BCUT2D eigenvalue weighted by Crippen LogP contribution is -2.39. The van der Waals surface area contributed by atoms with E-state index in [4.69, 9.17) is 9.84 Å². The Labute approximate surface area is 196 Å². The number of benzene rings is 1. The van der Waals surface area contributed by atoms with E-state index in [0.717, 1.165) is 59.7 Å². The van der Waals surface area contributed by atoms with Crippen molar-refractivity contribution in [3.63, 3.8) is 0 Å². The zero-order chi connectivity index (χ0) is 22.5. The van der Waals surface area contributed by atoms with Crippen molar-refractivity contribution in [2.24, 2.45) is 5.92 Å². The van der Waals surface area contributed by atoms with Crippen molar-refractivity contribution in [3.8, 4) is 11.1 Å². The van der Waals surface area contributed by atoms with Gasteiger partial charge in [-0.1, -0.05) is 12.1 Å². The third-order valence-electron chi connectivity index (χ3n) is 7.52. The first-order valence-electron chi connectivity index (χ1n) is 12.0. The van der Waals surface area contributed by atoms with Crippen molar-refractivity contribution in [2.75, 3.05) is 37.7 Å². The number of rotatable bonds is 6. The Hall–Kier alpha value is -2.29. The van der Waals surface area contributed by atoms with E-state index in [1.165, 1.54) is 54.1 Å². The second-order valence-electron chi connectivity index (χ2n) is 9.59. The highest BCUT2D eigenvalue weighted by Gasteiger charge is 2.47. The normalized spacial score (nSPS) is 25.0. The molecule has 4 heterocycles. The van der Waals surface area contributed by atoms with Crippen molar-refractivity contribution in [2.45, 2.75) is 44.8 Å². The standard InChI is InChI=1S/C25H29FN4O2S/c1-16(31)30-25-23(21(15-33-25)17-4-6-19(26)7-5-17)24(27-30)29-14-18-12-20(29)13-22(18)32-11-10-28-8-2-3-9-28/h4-7,15,18,20,22H,2-3,8-14H2,1H3. The molecule has 174 valence electrons. The molecule has 3 aliphatic rings. The molecule has 3 aromatic rings. The minimum atomic E-state index is -0.252. The number of fused-ring (bicyclic) bond motifs is 3. The molecule has 0 amide bonds. The van der Waals surface area contributed by atoms with Gasteiger partial charge in [0.05, 0.1) is 18.1 Å². The lowest BCUT2D eigenvalue weighted by molar-refractivity contribution is 0.0149. The van der Waals surface area contributed by atoms with Crippen LogP contribution in [-0.4, -0.2) is 65.5 Å². The molecule has 1 aliphatic carbocycles. The van der Waals surface area contributed by atoms with Gasteiger partial charge in [0, 0.05) is 42.9 Å². The predicted molar refractivity (Wildman–Crippen MR) is 129 cm³/mol. The molecule has 3 unspecified atom stereocenters. The lowest BCUT2D eigenvalue weighted by Gasteiger charge is -2.32. The largest absolute Gasteiger partial charge is 0.376 e. The third kappa shape index (κ3) is 3.78. The molecule has 3 atom stereocenters. The van der Waals surface area contributed by atoms with Gasteiger partial charge in [0.15, 0.2) is 5.82 Å². The Bertz CT molecular complexity index is 1170. The van der Waals surface area contributed by atoms with Gasteiger partial charge in [-0.3, -0.25) is 4.79 Å². The summed E-state index contributed by atoms with van der Waals surface area (Å²) in [7, 11) is 0. The van der Waals surface area contributed by atoms with E-state index in [1.54, 1.807) is 19.1 Å². The van der Waals surface area contributed by atoms with E-state index in [2.05, 4.69) is 15.2 Å². The van der Waals surface area contributed by atoms with E-state index in [1.807, 2.05) is 0 Å². The Balaban J connectivity index is 1.24. The van der Waals surface area contributed by atoms with Crippen molar-refractivity contribution in [1.82, 2.24) is 14.7 Å². The van der Waals surface area contributed by atoms with Gasteiger partial charge in [-0.25, -0.2) is 4.39 Å². The fraction of sp³-hybridized carbons (Fsp3) is 0.520. The fourth-order valence-electron chi connectivity index (χ4n) is 5.88. The maximum atomic E-state index is 13.5. The smallest absolute Gasteiger partial charge is 0.245 e. The van der Waals surface area contributed by atoms with Gasteiger partial charge >= 0.3 is 0 Å². The maximum absolute atomic E-state index is 13.5. The number of likely N-dealkylation sites (tertiary alicyclic amines) is 1. The third-order valence-corrected chi connectivity index (χ3v) is 8.48. The number of aromatic nitrogens is 2. The molecule has 8 heteroatoms. The van der Waals surface area contributed by atoms with Gasteiger partial charge in [-0.05, 0) is 56.5 Å². The van der Waals surface area contributed by atoms with Crippen molar-refractivity contribution < 1.29 is 13.9 Å². The number of thiophene rings is 1. The molecule has 0 radical (unpaired) electrons. The van der Waals surface area contributed by atoms with Crippen molar-refractivity contribution in [3.05, 3.63) is 35.5 Å². The molecular formula is C25H29FN4O2S. The van der Waals surface area contributed by atoms with Gasteiger partial charge in [0.1, 0.15) is 10.6 Å². The molecule has 6 rings (SSSR count). The molecule has 33 heavy (non-hydrogen) atoms. The van der Waals surface area contributed by atoms with E-state index in [0.29, 0.717) is 18.1 Å². The monoisotopic (exact) mass is 468 g/mol. The van der Waals surface area contributed by atoms with E-state index < -0.39 is 0 Å². The fourth-order valence-corrected chi connectivity index (χ4v) is 6.95. The number of ether oxygens (including phenoxy) is 1. The number of hydrogen-bond donors (Lipinski definition) is 0. The van der Waals surface area contributed by atoms with Crippen LogP contribution in [0, 0.1) is 11.7 Å². The van der Waals surface area contributed by atoms with Crippen molar-refractivity contribution in [1.29, 1.82) is 0 Å². The van der Waals surface area contributed by atoms with Gasteiger partial charge in [-0.2, -0.15) is 4.68 Å². The van der Waals surface area contributed by atoms with Crippen LogP contribution < -0.4 is 4.90 Å². The Kier molecular flexibility index (Phi) is 5.47. The molecule has 1 aromatic carbocycles. The van der Waals surface area contributed by atoms with Crippen LogP contribution in [-0.2, 0) is 4.74 Å². The van der Waals surface area contributed by atoms with Gasteiger partial charge in [-0.15, -0.1) is 16.4 Å². The number of hydrogen-bond acceptors (Lipinski definition) is 6. The zero-order valence-corrected chi connectivity index (χ0v) is 19.7. The topological polar surface area (TPSA) is 50.6 Å². The summed E-state index contributed by atoms with van der Waals surface area (Å²) in [6.07, 6.45) is 5.06. The number of carbonyl (C=O) groups is 1. The van der Waals surface area contributed by atoms with Crippen LogP contribution in [0.3, 0.4) is 0 Å². The first kappa shape index (κ1) is 21.3. The van der Waals surface area contributed by atoms with Crippen LogP contribution in [0.15, 0.2) is 29.6 Å². The number of nitrogens with zero attached hydrogens (tertiary/aromatic N) is 4. The molecule has 0 spiro atoms. The average molecular weight is 469 g/mol. The summed E-state index contributed by atoms with van der Waals surface area (Å²) in [6.45, 7) is 6.72. The first-order chi connectivity index (χ1) is 16.1. The maximum Gasteiger partial charge on any atom is 0.245 e. The van der Waals surface area contributed by atoms with E-state index in [9.17, 15) is 9.18 Å². The van der Waals surface area contributed by atoms with E-state index in [-0.39, 0.29) is 11.7 Å². The molecule has 2 bridgehead atoms. The number of anilines is 1. The average Bonchev–Trinajstić information content (AvgIpc) is 3.60. The minimum Gasteiger partial charge on any atom is -0.376 e. The highest BCUT2D eigenvalue weighted by atomic mass is 32.1. The minimum absolute atomic E-state index is 0.0914. The predicted octanol–water partition coefficient (Wildman–Crippen LogP) is 4.64. The zero-order valence-electron chi connectivity index (χ0n) is 18.9. The first-order valence-corrected chi connectivity index (χ1v) is 12.8. The summed E-state index contributed by atoms with van der Waals surface area (Å²) in [5, 5.41) is 7.83. The molecular weight excluding hydrogens is 439 g/mol. The quantitative estimate of drug-likeness (QED) is 0.527. The van der Waals surface area contributed by atoms with Crippen molar-refractivity contribution >= 4 is 33.3 Å². The van der Waals surface area contributed by atoms with Gasteiger partial charge in [0.25, 0.3) is 0 Å². The van der Waals surface area contributed by atoms with Crippen LogP contribution in [0.1, 0.15) is 37.4 Å². The number of carbonyl (C=O) groups excluding carboxylic acids is 1. The summed E-state index contributed by atoms with van der Waals surface area (Å²) < 4.78 is 21.4. The van der Waals surface area contributed by atoms with Gasteiger partial charge < -0.3 is 14.5 Å². The SMILES string of the molecule is CC(=O)n1nc(N2CC3CC2CC3OCCN2CCCC2)c2c(-c3ccc(F)cc3)csc21. The molecule has 2 aliphatic heterocycles. The molecule has 3 fully saturated rings. The van der Waals surface area contributed by atoms with Crippen LogP contribution in [0.25, 0.3) is 21.3 Å². The molecule has 1 saturated carbocycles. The Morgan fingerprint density at radius 3 is 2.70 bits per heavy atom. The summed E-state index contributed by atoms with van der Waals surface area (Å²) >= 11 is 1.52. The second-order valence-corrected chi connectivity index (χ2v) is 10.4. The lowest BCUT2D eigenvalue weighted by atomic mass is 10.0. The summed E-state index contributed by atoms with van der Waals surface area (Å²) in [5.74, 6) is 1.03. The summed E-state index contributed by atoms with van der Waals surface area (Å²) in [5.41, 5.74) is 1.96. The summed E-state index contributed by atoms with van der Waals surface area (Å²) in [6, 6.07) is 6.94. The number of piperidine rings is 1. The molecule has 2 aromatic heterocycles. The van der Waals surface area contributed by atoms with Crippen LogP contribution in [0.4, 0.5) is 10.2 Å². The summed E-state index contributed by atoms with van der Waals surface area (Å²) in [4.78, 5) is 18.1. The van der Waals surface area contributed by atoms with Crippen LogP contribution in [0.5, 0.6) is 0 Å². The second kappa shape index (κ2) is 8.49. The van der Waals surface area contributed by atoms with Crippen LogP contribution in [0.2, 0.25) is 0 Å². The van der Waals surface area contributed by atoms with Crippen LogP contribution >= 0.6 is 11.3 Å². The molecule has 0 N–H and O–H groups in total. The highest BCUT2D eigenvalue weighted by Crippen LogP contribution is 2.46. The Morgan fingerprint density at radius 2 is 2.00 bits per heavy atom. The van der Waals surface area contributed by atoms with E-state index >= 15 is 0 Å². The Morgan fingerprint density at radius 1 is 1.21 bits per heavy atom. The molecule has 6 nitrogen and oxygen atoms in total.